The second-order valence-corrected chi connectivity index (χ2v) is 6.70. The van der Waals surface area contributed by atoms with E-state index < -0.39 is 29.8 Å². The molecule has 1 rings (SSSR count). The van der Waals surface area contributed by atoms with Crippen LogP contribution in [0.15, 0.2) is 24.3 Å². The fourth-order valence-corrected chi connectivity index (χ4v) is 2.36. The average molecular weight is 338 g/mol. The molecule has 0 aromatic heterocycles. The van der Waals surface area contributed by atoms with Gasteiger partial charge in [-0.25, -0.2) is 4.39 Å². The maximum atomic E-state index is 13.7. The van der Waals surface area contributed by atoms with Crippen molar-refractivity contribution in [1.82, 2.24) is 10.6 Å². The number of halogens is 1. The molecule has 0 spiro atoms. The summed E-state index contributed by atoms with van der Waals surface area (Å²) in [6.07, 6.45) is -0.0576. The number of benzene rings is 1. The number of hydrogen-bond acceptors (Lipinski definition) is 3. The molecule has 0 saturated heterocycles. The molecule has 3 N–H and O–H groups in total. The molecule has 1 aromatic carbocycles. The average Bonchev–Trinajstić information content (AvgIpc) is 2.49. The molecular weight excluding hydrogens is 311 g/mol. The van der Waals surface area contributed by atoms with Gasteiger partial charge in [-0.2, -0.15) is 0 Å². The number of carbonyl (C=O) groups excluding carboxylic acids is 2. The van der Waals surface area contributed by atoms with E-state index in [9.17, 15) is 19.1 Å². The van der Waals surface area contributed by atoms with Crippen molar-refractivity contribution < 1.29 is 19.1 Å². The van der Waals surface area contributed by atoms with Gasteiger partial charge >= 0.3 is 0 Å². The van der Waals surface area contributed by atoms with Crippen LogP contribution in [0.1, 0.15) is 44.5 Å². The molecule has 0 aliphatic heterocycles. The molecular formula is C18H27FN2O3. The zero-order valence-electron chi connectivity index (χ0n) is 14.7. The Morgan fingerprint density at radius 1 is 1.17 bits per heavy atom. The van der Waals surface area contributed by atoms with Crippen LogP contribution >= 0.6 is 0 Å². The molecule has 5 nitrogen and oxygen atoms in total. The second-order valence-electron chi connectivity index (χ2n) is 6.70. The molecule has 0 radical (unpaired) electrons. The molecule has 0 saturated carbocycles. The van der Waals surface area contributed by atoms with Crippen molar-refractivity contribution in [2.45, 2.75) is 46.3 Å². The molecule has 0 fully saturated rings. The number of carbonyl (C=O) groups is 2. The normalized spacial score (nSPS) is 13.7. The Hall–Kier alpha value is -1.95. The van der Waals surface area contributed by atoms with Gasteiger partial charge in [-0.05, 0) is 30.4 Å². The van der Waals surface area contributed by atoms with Crippen molar-refractivity contribution in [1.29, 1.82) is 0 Å². The van der Waals surface area contributed by atoms with Crippen molar-refractivity contribution in [3.63, 3.8) is 0 Å². The fourth-order valence-electron chi connectivity index (χ4n) is 2.36. The van der Waals surface area contributed by atoms with E-state index in [1.54, 1.807) is 19.9 Å². The standard InChI is InChI=1S/C18H27FN2O3/c1-11(2)9-13(22)10-20-18(24)16(12(3)4)21-17(23)14-7-5-6-8-15(14)19/h5-8,11-13,16,22H,9-10H2,1-4H3,(H,20,24)(H,21,23). The van der Waals surface area contributed by atoms with E-state index in [4.69, 9.17) is 0 Å². The SMILES string of the molecule is CC(C)CC(O)CNC(=O)C(NC(=O)c1ccccc1F)C(C)C. The summed E-state index contributed by atoms with van der Waals surface area (Å²) in [7, 11) is 0. The number of aliphatic hydroxyl groups is 1. The van der Waals surface area contributed by atoms with Crippen LogP contribution in [-0.4, -0.2) is 35.6 Å². The first kappa shape index (κ1) is 20.1. The maximum Gasteiger partial charge on any atom is 0.254 e. The van der Waals surface area contributed by atoms with E-state index in [0.717, 1.165) is 0 Å². The summed E-state index contributed by atoms with van der Waals surface area (Å²) < 4.78 is 13.7. The van der Waals surface area contributed by atoms with Crippen LogP contribution in [0.25, 0.3) is 0 Å². The summed E-state index contributed by atoms with van der Waals surface area (Å²) in [6, 6.07) is 4.82. The summed E-state index contributed by atoms with van der Waals surface area (Å²) >= 11 is 0. The largest absolute Gasteiger partial charge is 0.391 e. The van der Waals surface area contributed by atoms with Gasteiger partial charge in [0.2, 0.25) is 5.91 Å². The lowest BCUT2D eigenvalue weighted by Crippen LogP contribution is -2.51. The monoisotopic (exact) mass is 338 g/mol. The van der Waals surface area contributed by atoms with E-state index >= 15 is 0 Å². The third kappa shape index (κ3) is 6.28. The Labute approximate surface area is 142 Å². The number of nitrogens with one attached hydrogen (secondary N) is 2. The van der Waals surface area contributed by atoms with Gasteiger partial charge in [0.1, 0.15) is 11.9 Å². The molecule has 0 heterocycles. The number of aliphatic hydroxyl groups excluding tert-OH is 1. The molecule has 6 heteroatoms. The van der Waals surface area contributed by atoms with Crippen LogP contribution in [0, 0.1) is 17.7 Å². The van der Waals surface area contributed by atoms with E-state index in [2.05, 4.69) is 10.6 Å². The van der Waals surface area contributed by atoms with E-state index in [0.29, 0.717) is 12.3 Å². The van der Waals surface area contributed by atoms with Crippen molar-refractivity contribution in [2.75, 3.05) is 6.54 Å². The fraction of sp³-hybridized carbons (Fsp3) is 0.556. The lowest BCUT2D eigenvalue weighted by atomic mass is 10.0. The predicted molar refractivity (Wildman–Crippen MR) is 91.0 cm³/mol. The van der Waals surface area contributed by atoms with Crippen LogP contribution in [0.2, 0.25) is 0 Å². The minimum Gasteiger partial charge on any atom is -0.391 e. The summed E-state index contributed by atoms with van der Waals surface area (Å²) in [4.78, 5) is 24.5. The highest BCUT2D eigenvalue weighted by Gasteiger charge is 2.26. The highest BCUT2D eigenvalue weighted by atomic mass is 19.1. The van der Waals surface area contributed by atoms with Crippen molar-refractivity contribution >= 4 is 11.8 Å². The number of rotatable bonds is 8. The lowest BCUT2D eigenvalue weighted by molar-refractivity contribution is -0.124. The van der Waals surface area contributed by atoms with Gasteiger partial charge in [0.05, 0.1) is 11.7 Å². The minimum atomic E-state index is -0.802. The Morgan fingerprint density at radius 3 is 2.33 bits per heavy atom. The van der Waals surface area contributed by atoms with Gasteiger partial charge in [-0.1, -0.05) is 39.8 Å². The van der Waals surface area contributed by atoms with E-state index in [1.165, 1.54) is 18.2 Å². The number of hydrogen-bond donors (Lipinski definition) is 3. The van der Waals surface area contributed by atoms with Gasteiger partial charge in [-0.3, -0.25) is 9.59 Å². The van der Waals surface area contributed by atoms with Gasteiger partial charge in [0.25, 0.3) is 5.91 Å². The molecule has 2 unspecified atom stereocenters. The van der Waals surface area contributed by atoms with Crippen LogP contribution in [-0.2, 0) is 4.79 Å². The van der Waals surface area contributed by atoms with Crippen molar-refractivity contribution in [3.8, 4) is 0 Å². The van der Waals surface area contributed by atoms with E-state index in [-0.39, 0.29) is 18.0 Å². The summed E-state index contributed by atoms with van der Waals surface area (Å²) in [6.45, 7) is 7.66. The Bertz CT molecular complexity index is 561. The van der Waals surface area contributed by atoms with Crippen molar-refractivity contribution in [2.24, 2.45) is 11.8 Å². The third-order valence-electron chi connectivity index (χ3n) is 3.61. The van der Waals surface area contributed by atoms with Gasteiger partial charge in [-0.15, -0.1) is 0 Å². The van der Waals surface area contributed by atoms with Crippen LogP contribution < -0.4 is 10.6 Å². The smallest absolute Gasteiger partial charge is 0.254 e. The lowest BCUT2D eigenvalue weighted by Gasteiger charge is -2.23. The molecule has 24 heavy (non-hydrogen) atoms. The Balaban J connectivity index is 2.68. The van der Waals surface area contributed by atoms with Crippen LogP contribution in [0.4, 0.5) is 4.39 Å². The first-order valence-electron chi connectivity index (χ1n) is 8.23. The molecule has 2 atom stereocenters. The molecule has 0 aliphatic rings. The van der Waals surface area contributed by atoms with Gasteiger partial charge in [0.15, 0.2) is 0 Å². The highest BCUT2D eigenvalue weighted by Crippen LogP contribution is 2.09. The third-order valence-corrected chi connectivity index (χ3v) is 3.61. The van der Waals surface area contributed by atoms with Crippen molar-refractivity contribution in [3.05, 3.63) is 35.6 Å². The first-order valence-corrected chi connectivity index (χ1v) is 8.23. The number of amides is 2. The van der Waals surface area contributed by atoms with E-state index in [1.807, 2.05) is 13.8 Å². The topological polar surface area (TPSA) is 78.4 Å². The molecule has 0 aliphatic carbocycles. The summed E-state index contributed by atoms with van der Waals surface area (Å²) in [5.74, 6) is -1.52. The second kappa shape index (κ2) is 9.37. The molecule has 2 amide bonds. The zero-order valence-corrected chi connectivity index (χ0v) is 14.7. The van der Waals surface area contributed by atoms with Gasteiger partial charge in [0, 0.05) is 6.54 Å². The maximum absolute atomic E-state index is 13.7. The quantitative estimate of drug-likeness (QED) is 0.679. The zero-order chi connectivity index (χ0) is 18.3. The summed E-state index contributed by atoms with van der Waals surface area (Å²) in [5.41, 5.74) is -0.101. The molecule has 134 valence electrons. The summed E-state index contributed by atoms with van der Waals surface area (Å²) in [5, 5.41) is 15.0. The molecule has 0 bridgehead atoms. The van der Waals surface area contributed by atoms with Gasteiger partial charge < -0.3 is 15.7 Å². The minimum absolute atomic E-state index is 0.101. The predicted octanol–water partition coefficient (Wildman–Crippen LogP) is 2.10. The van der Waals surface area contributed by atoms with Crippen LogP contribution in [0.5, 0.6) is 0 Å². The first-order chi connectivity index (χ1) is 11.2. The molecule has 1 aromatic rings. The highest BCUT2D eigenvalue weighted by molar-refractivity contribution is 5.97. The van der Waals surface area contributed by atoms with Crippen LogP contribution in [0.3, 0.4) is 0 Å². The Kier molecular flexibility index (Phi) is 7.85. The Morgan fingerprint density at radius 2 is 1.79 bits per heavy atom.